The van der Waals surface area contributed by atoms with Crippen molar-refractivity contribution in [3.8, 4) is 11.5 Å². The van der Waals surface area contributed by atoms with Crippen molar-refractivity contribution in [3.63, 3.8) is 0 Å². The van der Waals surface area contributed by atoms with Crippen LogP contribution in [0.25, 0.3) is 11.5 Å². The summed E-state index contributed by atoms with van der Waals surface area (Å²) in [6.45, 7) is 7.30. The molecule has 1 atom stereocenters. The number of aromatic nitrogens is 2. The molecule has 182 valence electrons. The number of rotatable bonds is 8. The van der Waals surface area contributed by atoms with Gasteiger partial charge in [0.25, 0.3) is 5.89 Å². The third-order valence-corrected chi connectivity index (χ3v) is 6.11. The summed E-state index contributed by atoms with van der Waals surface area (Å²) < 4.78 is 5.32. The standard InChI is InChI=1S/C26H34N6O.HI/c1-4-24-30-25(33-31-24)21-12-10-20(11-13-21)14-15-28-26(27-3)29-19(2)22-8-7-9-23(18-22)32-16-5-6-17-32;/h7-13,18-19H,4-6,14-17H2,1-3H3,(H2,27,28,29);1H. The molecule has 0 amide bonds. The first-order chi connectivity index (χ1) is 16.2. The van der Waals surface area contributed by atoms with Crippen molar-refractivity contribution in [2.45, 2.75) is 45.6 Å². The van der Waals surface area contributed by atoms with Crippen LogP contribution in [0.4, 0.5) is 5.69 Å². The Bertz CT molecular complexity index is 1060. The first kappa shape index (κ1) is 26.0. The lowest BCUT2D eigenvalue weighted by atomic mass is 10.1. The lowest BCUT2D eigenvalue weighted by molar-refractivity contribution is 0.423. The zero-order valence-electron chi connectivity index (χ0n) is 20.3. The Morgan fingerprint density at radius 2 is 1.91 bits per heavy atom. The Balaban J connectivity index is 0.00000324. The van der Waals surface area contributed by atoms with Gasteiger partial charge in [0.15, 0.2) is 11.8 Å². The highest BCUT2D eigenvalue weighted by Crippen LogP contribution is 2.24. The molecule has 0 saturated carbocycles. The van der Waals surface area contributed by atoms with E-state index in [-0.39, 0.29) is 30.0 Å². The summed E-state index contributed by atoms with van der Waals surface area (Å²) in [6, 6.07) is 17.3. The van der Waals surface area contributed by atoms with Crippen molar-refractivity contribution in [2.24, 2.45) is 4.99 Å². The molecule has 1 unspecified atom stereocenters. The average Bonchev–Trinajstić information content (AvgIpc) is 3.56. The van der Waals surface area contributed by atoms with Gasteiger partial charge in [-0.1, -0.05) is 36.3 Å². The summed E-state index contributed by atoms with van der Waals surface area (Å²) in [4.78, 5) is 11.3. The molecule has 0 aliphatic carbocycles. The average molecular weight is 575 g/mol. The minimum atomic E-state index is 0. The van der Waals surface area contributed by atoms with Gasteiger partial charge in [-0.25, -0.2) is 0 Å². The Morgan fingerprint density at radius 3 is 2.59 bits per heavy atom. The van der Waals surface area contributed by atoms with Gasteiger partial charge in [-0.2, -0.15) is 4.98 Å². The number of anilines is 1. The number of benzene rings is 2. The Hall–Kier alpha value is -2.62. The number of nitrogens with one attached hydrogen (secondary N) is 2. The second-order valence-corrected chi connectivity index (χ2v) is 8.47. The normalized spacial score (nSPS) is 14.6. The van der Waals surface area contributed by atoms with Gasteiger partial charge in [0, 0.05) is 44.4 Å². The monoisotopic (exact) mass is 574 g/mol. The van der Waals surface area contributed by atoms with Crippen LogP contribution in [0, 0.1) is 0 Å². The van der Waals surface area contributed by atoms with Crippen molar-refractivity contribution in [3.05, 3.63) is 65.5 Å². The van der Waals surface area contributed by atoms with E-state index in [0.717, 1.165) is 49.8 Å². The number of hydrogen-bond acceptors (Lipinski definition) is 5. The maximum Gasteiger partial charge on any atom is 0.257 e. The summed E-state index contributed by atoms with van der Waals surface area (Å²) in [5.41, 5.74) is 4.77. The van der Waals surface area contributed by atoms with Gasteiger partial charge in [-0.15, -0.1) is 24.0 Å². The van der Waals surface area contributed by atoms with Crippen molar-refractivity contribution >= 4 is 35.6 Å². The maximum atomic E-state index is 5.32. The molecule has 3 aromatic rings. The summed E-state index contributed by atoms with van der Waals surface area (Å²) in [5, 5.41) is 10.9. The highest BCUT2D eigenvalue weighted by Gasteiger charge is 2.14. The minimum absolute atomic E-state index is 0. The smallest absolute Gasteiger partial charge is 0.257 e. The molecule has 4 rings (SSSR count). The van der Waals surface area contributed by atoms with Crippen LogP contribution in [0.3, 0.4) is 0 Å². The van der Waals surface area contributed by atoms with Crippen molar-refractivity contribution in [1.29, 1.82) is 0 Å². The lowest BCUT2D eigenvalue weighted by Gasteiger charge is -2.22. The fourth-order valence-electron chi connectivity index (χ4n) is 4.10. The quantitative estimate of drug-likeness (QED) is 0.225. The molecule has 2 aromatic carbocycles. The topological polar surface area (TPSA) is 78.6 Å². The number of hydrogen-bond donors (Lipinski definition) is 2. The number of aryl methyl sites for hydroxylation is 1. The summed E-state index contributed by atoms with van der Waals surface area (Å²) in [7, 11) is 1.81. The van der Waals surface area contributed by atoms with Crippen LogP contribution in [0.1, 0.15) is 49.7 Å². The van der Waals surface area contributed by atoms with Gasteiger partial charge in [0.05, 0.1) is 6.04 Å². The third kappa shape index (κ3) is 6.71. The second-order valence-electron chi connectivity index (χ2n) is 8.47. The van der Waals surface area contributed by atoms with Gasteiger partial charge in [-0.05, 0) is 61.6 Å². The first-order valence-corrected chi connectivity index (χ1v) is 11.9. The van der Waals surface area contributed by atoms with E-state index >= 15 is 0 Å². The molecule has 8 heteroatoms. The molecule has 2 heterocycles. The van der Waals surface area contributed by atoms with Crippen LogP contribution in [-0.4, -0.2) is 42.8 Å². The van der Waals surface area contributed by atoms with E-state index in [9.17, 15) is 0 Å². The van der Waals surface area contributed by atoms with E-state index in [4.69, 9.17) is 4.52 Å². The molecule has 2 N–H and O–H groups in total. The fourth-order valence-corrected chi connectivity index (χ4v) is 4.10. The van der Waals surface area contributed by atoms with E-state index < -0.39 is 0 Å². The Kier molecular flexibility index (Phi) is 9.74. The zero-order chi connectivity index (χ0) is 23.0. The molecule has 1 aromatic heterocycles. The third-order valence-electron chi connectivity index (χ3n) is 6.11. The van der Waals surface area contributed by atoms with Crippen molar-refractivity contribution in [1.82, 2.24) is 20.8 Å². The molecule has 1 aliphatic heterocycles. The van der Waals surface area contributed by atoms with Crippen LogP contribution in [0.15, 0.2) is 58.0 Å². The molecular weight excluding hydrogens is 539 g/mol. The van der Waals surface area contributed by atoms with Crippen molar-refractivity contribution in [2.75, 3.05) is 31.6 Å². The predicted molar refractivity (Wildman–Crippen MR) is 149 cm³/mol. The maximum absolute atomic E-state index is 5.32. The van der Waals surface area contributed by atoms with E-state index in [0.29, 0.717) is 5.89 Å². The predicted octanol–water partition coefficient (Wildman–Crippen LogP) is 4.99. The molecule has 0 spiro atoms. The van der Waals surface area contributed by atoms with E-state index in [1.165, 1.54) is 29.7 Å². The largest absolute Gasteiger partial charge is 0.372 e. The molecular formula is C26H35IN6O. The van der Waals surface area contributed by atoms with Gasteiger partial charge >= 0.3 is 0 Å². The second kappa shape index (κ2) is 12.7. The van der Waals surface area contributed by atoms with Crippen LogP contribution < -0.4 is 15.5 Å². The number of nitrogens with zero attached hydrogens (tertiary/aromatic N) is 4. The van der Waals surface area contributed by atoms with Crippen LogP contribution in [0.2, 0.25) is 0 Å². The van der Waals surface area contributed by atoms with Gasteiger partial charge in [0.1, 0.15) is 0 Å². The van der Waals surface area contributed by atoms with Crippen molar-refractivity contribution < 1.29 is 4.52 Å². The summed E-state index contributed by atoms with van der Waals surface area (Å²) >= 11 is 0. The zero-order valence-corrected chi connectivity index (χ0v) is 22.6. The first-order valence-electron chi connectivity index (χ1n) is 11.9. The van der Waals surface area contributed by atoms with E-state index in [2.05, 4.69) is 74.0 Å². The van der Waals surface area contributed by atoms with Crippen LogP contribution in [-0.2, 0) is 12.8 Å². The molecule has 1 fully saturated rings. The van der Waals surface area contributed by atoms with Gasteiger partial charge in [0.2, 0.25) is 0 Å². The summed E-state index contributed by atoms with van der Waals surface area (Å²) in [6.07, 6.45) is 4.23. The molecule has 0 radical (unpaired) electrons. The highest BCUT2D eigenvalue weighted by molar-refractivity contribution is 14.0. The number of aliphatic imine (C=N–C) groups is 1. The Morgan fingerprint density at radius 1 is 1.15 bits per heavy atom. The van der Waals surface area contributed by atoms with E-state index in [1.54, 1.807) is 0 Å². The molecule has 7 nitrogen and oxygen atoms in total. The van der Waals surface area contributed by atoms with Gasteiger partial charge in [-0.3, -0.25) is 4.99 Å². The minimum Gasteiger partial charge on any atom is -0.372 e. The lowest BCUT2D eigenvalue weighted by Crippen LogP contribution is -2.39. The number of guanidine groups is 1. The number of halogens is 1. The fraction of sp³-hybridized carbons (Fsp3) is 0.423. The Labute approximate surface area is 219 Å². The highest BCUT2D eigenvalue weighted by atomic mass is 127. The van der Waals surface area contributed by atoms with Gasteiger partial charge < -0.3 is 20.1 Å². The molecule has 34 heavy (non-hydrogen) atoms. The summed E-state index contributed by atoms with van der Waals surface area (Å²) in [5.74, 6) is 2.11. The van der Waals surface area contributed by atoms with Crippen LogP contribution >= 0.6 is 24.0 Å². The molecule has 1 aliphatic rings. The molecule has 1 saturated heterocycles. The van der Waals surface area contributed by atoms with E-state index in [1.807, 2.05) is 26.1 Å². The molecule has 0 bridgehead atoms. The van der Waals surface area contributed by atoms with Crippen LogP contribution in [0.5, 0.6) is 0 Å². The SMILES string of the molecule is CCc1noc(-c2ccc(CCNC(=NC)NC(C)c3cccc(N4CCCC4)c3)cc2)n1.I.